The Bertz CT molecular complexity index is 1770. The molecular formula is C27H23FN4O4S2. The number of benzene rings is 3. The maximum absolute atomic E-state index is 13.1. The molecule has 0 amide bonds. The molecule has 3 aromatic carbocycles. The van der Waals surface area contributed by atoms with Gasteiger partial charge in [0.25, 0.3) is 0 Å². The molecule has 5 rings (SSSR count). The Morgan fingerprint density at radius 3 is 2.63 bits per heavy atom. The summed E-state index contributed by atoms with van der Waals surface area (Å²) in [6, 6.07) is 12.3. The van der Waals surface area contributed by atoms with Crippen LogP contribution in [-0.4, -0.2) is 43.6 Å². The van der Waals surface area contributed by atoms with E-state index in [9.17, 15) is 12.8 Å². The molecule has 2 heterocycles. The predicted molar refractivity (Wildman–Crippen MR) is 147 cm³/mol. The second-order valence-corrected chi connectivity index (χ2v) is 11.2. The number of nitrogens with one attached hydrogen (secondary N) is 1. The second kappa shape index (κ2) is 10.4. The van der Waals surface area contributed by atoms with E-state index in [-0.39, 0.29) is 18.0 Å². The first kappa shape index (κ1) is 25.7. The third kappa shape index (κ3) is 5.21. The highest BCUT2D eigenvalue weighted by Crippen LogP contribution is 2.37. The number of thiazole rings is 1. The van der Waals surface area contributed by atoms with E-state index in [1.165, 1.54) is 23.5 Å². The van der Waals surface area contributed by atoms with Crippen LogP contribution in [0.3, 0.4) is 0 Å². The maximum Gasteiger partial charge on any atom is 0.240 e. The molecule has 38 heavy (non-hydrogen) atoms. The van der Waals surface area contributed by atoms with Gasteiger partial charge in [-0.25, -0.2) is 32.5 Å². The van der Waals surface area contributed by atoms with E-state index >= 15 is 0 Å². The number of hydrogen-bond acceptors (Lipinski definition) is 8. The summed E-state index contributed by atoms with van der Waals surface area (Å²) in [6.07, 6.45) is 3.33. The number of aryl methyl sites for hydroxylation is 1. The van der Waals surface area contributed by atoms with Crippen molar-refractivity contribution in [3.8, 4) is 22.2 Å². The normalized spacial score (nSPS) is 11.7. The van der Waals surface area contributed by atoms with Crippen molar-refractivity contribution in [1.82, 2.24) is 19.7 Å². The summed E-state index contributed by atoms with van der Waals surface area (Å²) in [5, 5.41) is 0.778. The molecule has 8 nitrogen and oxygen atoms in total. The first-order valence-corrected chi connectivity index (χ1v) is 13.8. The number of halogens is 1. The first-order valence-electron chi connectivity index (χ1n) is 11.5. The molecule has 0 atom stereocenters. The van der Waals surface area contributed by atoms with Crippen LogP contribution < -0.4 is 14.2 Å². The van der Waals surface area contributed by atoms with Crippen molar-refractivity contribution < 1.29 is 22.3 Å². The number of methoxy groups -OCH3 is 1. The highest BCUT2D eigenvalue weighted by Gasteiger charge is 2.16. The molecule has 0 bridgehead atoms. The molecule has 11 heteroatoms. The van der Waals surface area contributed by atoms with Gasteiger partial charge in [0.15, 0.2) is 0 Å². The highest BCUT2D eigenvalue weighted by molar-refractivity contribution is 7.89. The summed E-state index contributed by atoms with van der Waals surface area (Å²) in [5.41, 5.74) is 4.87. The van der Waals surface area contributed by atoms with Gasteiger partial charge in [0.2, 0.25) is 15.9 Å². The molecular weight excluding hydrogens is 527 g/mol. The lowest BCUT2D eigenvalue weighted by atomic mass is 10.1. The van der Waals surface area contributed by atoms with Crippen LogP contribution in [-0.2, 0) is 10.0 Å². The Labute approximate surface area is 222 Å². The van der Waals surface area contributed by atoms with Gasteiger partial charge in [0.1, 0.15) is 23.2 Å². The van der Waals surface area contributed by atoms with Crippen LogP contribution in [0.2, 0.25) is 0 Å². The van der Waals surface area contributed by atoms with E-state index in [4.69, 9.17) is 14.5 Å². The van der Waals surface area contributed by atoms with E-state index in [0.717, 1.165) is 44.0 Å². The summed E-state index contributed by atoms with van der Waals surface area (Å²) in [4.78, 5) is 13.9. The van der Waals surface area contributed by atoms with E-state index in [2.05, 4.69) is 21.3 Å². The Hall–Kier alpha value is -3.93. The number of rotatable bonds is 9. The van der Waals surface area contributed by atoms with E-state index in [0.29, 0.717) is 22.7 Å². The molecule has 0 aliphatic carbocycles. The molecule has 194 valence electrons. The number of ether oxygens (including phenoxy) is 2. The first-order chi connectivity index (χ1) is 18.3. The second-order valence-electron chi connectivity index (χ2n) is 8.36. The van der Waals surface area contributed by atoms with Gasteiger partial charge in [-0.3, -0.25) is 0 Å². The SMILES string of the molecule is C=Cc1cc(-c2nc3c(C)cc(OCCNS(=O)(=O)c4ccc(F)cc4)cc3s2)c2ncc(OC)nc2c1. The van der Waals surface area contributed by atoms with Crippen molar-refractivity contribution in [3.63, 3.8) is 0 Å². The summed E-state index contributed by atoms with van der Waals surface area (Å²) in [5.74, 6) is 0.519. The number of nitrogens with zero attached hydrogens (tertiary/aromatic N) is 3. The van der Waals surface area contributed by atoms with Crippen LogP contribution in [0.1, 0.15) is 11.1 Å². The summed E-state index contributed by atoms with van der Waals surface area (Å²) in [7, 11) is -2.21. The van der Waals surface area contributed by atoms with Gasteiger partial charge >= 0.3 is 0 Å². The van der Waals surface area contributed by atoms with Gasteiger partial charge in [-0.1, -0.05) is 12.7 Å². The average Bonchev–Trinajstić information content (AvgIpc) is 3.35. The van der Waals surface area contributed by atoms with Crippen molar-refractivity contribution in [3.05, 3.63) is 78.3 Å². The zero-order valence-corrected chi connectivity index (χ0v) is 22.2. The van der Waals surface area contributed by atoms with E-state index in [1.54, 1.807) is 19.4 Å². The van der Waals surface area contributed by atoms with E-state index < -0.39 is 15.8 Å². The number of fused-ring (bicyclic) bond motifs is 2. The third-order valence-electron chi connectivity index (χ3n) is 5.77. The Kier molecular flexibility index (Phi) is 7.06. The summed E-state index contributed by atoms with van der Waals surface area (Å²) >= 11 is 1.50. The summed E-state index contributed by atoms with van der Waals surface area (Å²) in [6.45, 7) is 5.99. The molecule has 0 radical (unpaired) electrons. The van der Waals surface area contributed by atoms with Crippen LogP contribution in [0.25, 0.3) is 37.9 Å². The van der Waals surface area contributed by atoms with Crippen LogP contribution >= 0.6 is 11.3 Å². The van der Waals surface area contributed by atoms with E-state index in [1.807, 2.05) is 31.2 Å². The maximum atomic E-state index is 13.1. The van der Waals surface area contributed by atoms with Gasteiger partial charge in [-0.2, -0.15) is 0 Å². The minimum absolute atomic E-state index is 0.00969. The molecule has 0 unspecified atom stereocenters. The van der Waals surface area contributed by atoms with Gasteiger partial charge < -0.3 is 9.47 Å². The minimum Gasteiger partial charge on any atom is -0.492 e. The summed E-state index contributed by atoms with van der Waals surface area (Å²) < 4.78 is 52.3. The number of hydrogen-bond donors (Lipinski definition) is 1. The smallest absolute Gasteiger partial charge is 0.240 e. The molecule has 5 aromatic rings. The van der Waals surface area contributed by atoms with Crippen molar-refractivity contribution in [2.75, 3.05) is 20.3 Å². The topological polar surface area (TPSA) is 103 Å². The van der Waals surface area contributed by atoms with Crippen molar-refractivity contribution in [2.24, 2.45) is 0 Å². The van der Waals surface area contributed by atoms with Gasteiger partial charge in [-0.05, 0) is 66.6 Å². The zero-order chi connectivity index (χ0) is 26.9. The molecule has 0 fully saturated rings. The zero-order valence-electron chi connectivity index (χ0n) is 20.6. The number of sulfonamides is 1. The van der Waals surface area contributed by atoms with Crippen LogP contribution in [0.15, 0.2) is 66.2 Å². The molecule has 2 aromatic heterocycles. The average molecular weight is 551 g/mol. The Balaban J connectivity index is 1.37. The van der Waals surface area contributed by atoms with Gasteiger partial charge in [0.05, 0.1) is 39.5 Å². The van der Waals surface area contributed by atoms with Crippen LogP contribution in [0, 0.1) is 12.7 Å². The highest BCUT2D eigenvalue weighted by atomic mass is 32.2. The molecule has 0 saturated heterocycles. The number of aromatic nitrogens is 3. The Morgan fingerprint density at radius 1 is 1.11 bits per heavy atom. The molecule has 0 aliphatic rings. The van der Waals surface area contributed by atoms with Crippen LogP contribution in [0.5, 0.6) is 11.6 Å². The predicted octanol–water partition coefficient (Wildman–Crippen LogP) is 5.36. The lowest BCUT2D eigenvalue weighted by molar-refractivity contribution is 0.323. The van der Waals surface area contributed by atoms with Gasteiger partial charge in [-0.15, -0.1) is 11.3 Å². The standard InChI is InChI=1S/C27H23FN4O4S2/c1-4-17-12-21(26-22(13-17)31-24(35-3)15-29-26)27-32-25-16(2)11-19(14-23(25)37-27)36-10-9-30-38(33,34)20-7-5-18(28)6-8-20/h4-8,11-15,30H,1,9-10H2,2-3H3. The molecule has 0 aliphatic heterocycles. The fourth-order valence-electron chi connectivity index (χ4n) is 3.91. The van der Waals surface area contributed by atoms with Crippen molar-refractivity contribution in [1.29, 1.82) is 0 Å². The fourth-order valence-corrected chi connectivity index (χ4v) is 6.02. The van der Waals surface area contributed by atoms with Crippen molar-refractivity contribution >= 4 is 48.7 Å². The Morgan fingerprint density at radius 2 is 1.89 bits per heavy atom. The fraction of sp³-hybridized carbons (Fsp3) is 0.148. The molecule has 1 N–H and O–H groups in total. The molecule has 0 saturated carbocycles. The third-order valence-corrected chi connectivity index (χ3v) is 8.28. The quantitative estimate of drug-likeness (QED) is 0.246. The van der Waals surface area contributed by atoms with Crippen LogP contribution in [0.4, 0.5) is 4.39 Å². The lowest BCUT2D eigenvalue weighted by Crippen LogP contribution is -2.28. The monoisotopic (exact) mass is 550 g/mol. The molecule has 0 spiro atoms. The lowest BCUT2D eigenvalue weighted by Gasteiger charge is -2.09. The van der Waals surface area contributed by atoms with Crippen molar-refractivity contribution in [2.45, 2.75) is 11.8 Å². The largest absolute Gasteiger partial charge is 0.492 e. The minimum atomic E-state index is -3.76. The van der Waals surface area contributed by atoms with Gasteiger partial charge in [0, 0.05) is 12.1 Å².